The molecule has 29 heavy (non-hydrogen) atoms. The molecule has 1 aliphatic heterocycles. The average molecular weight is 417 g/mol. The Morgan fingerprint density at radius 2 is 1.83 bits per heavy atom. The molecule has 1 atom stereocenters. The summed E-state index contributed by atoms with van der Waals surface area (Å²) in [5, 5.41) is 3.91. The zero-order valence-corrected chi connectivity index (χ0v) is 18.0. The van der Waals surface area contributed by atoms with Crippen LogP contribution in [-0.4, -0.2) is 38.1 Å². The van der Waals surface area contributed by atoms with Crippen LogP contribution in [0.2, 0.25) is 5.02 Å². The lowest BCUT2D eigenvalue weighted by molar-refractivity contribution is -0.127. The number of halogens is 1. The van der Waals surface area contributed by atoms with Crippen molar-refractivity contribution in [1.82, 2.24) is 10.2 Å². The number of ether oxygens (including phenoxy) is 2. The van der Waals surface area contributed by atoms with Gasteiger partial charge in [-0.25, -0.2) is 0 Å². The summed E-state index contributed by atoms with van der Waals surface area (Å²) < 4.78 is 10.8. The van der Waals surface area contributed by atoms with Crippen molar-refractivity contribution in [1.29, 1.82) is 0 Å². The second-order valence-corrected chi connectivity index (χ2v) is 7.95. The Labute approximate surface area is 177 Å². The van der Waals surface area contributed by atoms with Crippen molar-refractivity contribution in [3.05, 3.63) is 58.6 Å². The minimum Gasteiger partial charge on any atom is -0.497 e. The highest BCUT2D eigenvalue weighted by atomic mass is 35.5. The van der Waals surface area contributed by atoms with Gasteiger partial charge in [-0.2, -0.15) is 0 Å². The highest BCUT2D eigenvalue weighted by Crippen LogP contribution is 2.30. The highest BCUT2D eigenvalue weighted by molar-refractivity contribution is 6.30. The minimum atomic E-state index is -0.153. The van der Waals surface area contributed by atoms with Gasteiger partial charge < -0.3 is 14.8 Å². The molecular formula is C23H29ClN2O3. The van der Waals surface area contributed by atoms with Crippen LogP contribution in [0.15, 0.2) is 42.5 Å². The van der Waals surface area contributed by atoms with Gasteiger partial charge in [-0.3, -0.25) is 9.69 Å². The molecule has 2 aromatic rings. The van der Waals surface area contributed by atoms with Crippen molar-refractivity contribution in [2.45, 2.75) is 32.4 Å². The number of piperidine rings is 1. The third-order valence-electron chi connectivity index (χ3n) is 5.54. The first-order chi connectivity index (χ1) is 14.0. The Morgan fingerprint density at radius 3 is 2.45 bits per heavy atom. The molecule has 1 saturated heterocycles. The molecule has 6 heteroatoms. The minimum absolute atomic E-state index is 0.0375. The fourth-order valence-electron chi connectivity index (χ4n) is 3.79. The summed E-state index contributed by atoms with van der Waals surface area (Å²) >= 11 is 5.96. The molecule has 5 nitrogen and oxygen atoms in total. The summed E-state index contributed by atoms with van der Waals surface area (Å²) in [6.07, 6.45) is 1.72. The van der Waals surface area contributed by atoms with Crippen LogP contribution in [0.5, 0.6) is 11.5 Å². The van der Waals surface area contributed by atoms with Crippen LogP contribution in [0.3, 0.4) is 0 Å². The zero-order valence-electron chi connectivity index (χ0n) is 17.3. The van der Waals surface area contributed by atoms with Gasteiger partial charge in [-0.15, -0.1) is 0 Å². The molecule has 2 aromatic carbocycles. The van der Waals surface area contributed by atoms with E-state index in [-0.39, 0.29) is 17.9 Å². The van der Waals surface area contributed by atoms with E-state index in [1.54, 1.807) is 14.2 Å². The van der Waals surface area contributed by atoms with E-state index in [1.807, 2.05) is 37.3 Å². The molecule has 3 rings (SSSR count). The molecule has 1 amide bonds. The Bertz CT molecular complexity index is 817. The fraction of sp³-hybridized carbons (Fsp3) is 0.435. The first-order valence-corrected chi connectivity index (χ1v) is 10.4. The molecule has 1 fully saturated rings. The maximum absolute atomic E-state index is 12.8. The summed E-state index contributed by atoms with van der Waals surface area (Å²) in [6, 6.07) is 13.4. The topological polar surface area (TPSA) is 50.8 Å². The molecular weight excluding hydrogens is 388 g/mol. The molecule has 1 heterocycles. The molecule has 0 spiro atoms. The lowest BCUT2D eigenvalue weighted by Crippen LogP contribution is -2.40. The number of hydrogen-bond donors (Lipinski definition) is 1. The maximum atomic E-state index is 12.8. The van der Waals surface area contributed by atoms with Crippen LogP contribution in [-0.2, 0) is 11.3 Å². The van der Waals surface area contributed by atoms with Crippen molar-refractivity contribution in [3.63, 3.8) is 0 Å². The molecule has 0 radical (unpaired) electrons. The second-order valence-electron chi connectivity index (χ2n) is 7.52. The number of hydrogen-bond acceptors (Lipinski definition) is 4. The lowest BCUT2D eigenvalue weighted by atomic mass is 9.94. The van der Waals surface area contributed by atoms with Crippen molar-refractivity contribution in [3.8, 4) is 11.5 Å². The highest BCUT2D eigenvalue weighted by Gasteiger charge is 2.26. The number of rotatable bonds is 7. The number of carbonyl (C=O) groups is 1. The van der Waals surface area contributed by atoms with Gasteiger partial charge in [-0.05, 0) is 68.8 Å². The number of amides is 1. The summed E-state index contributed by atoms with van der Waals surface area (Å²) in [5.74, 6) is 1.64. The first-order valence-electron chi connectivity index (χ1n) is 9.99. The van der Waals surface area contributed by atoms with Crippen LogP contribution >= 0.6 is 11.6 Å². The smallest absolute Gasteiger partial charge is 0.223 e. The van der Waals surface area contributed by atoms with Crippen LogP contribution in [0.4, 0.5) is 0 Å². The van der Waals surface area contributed by atoms with E-state index < -0.39 is 0 Å². The third-order valence-corrected chi connectivity index (χ3v) is 5.79. The number of methoxy groups -OCH3 is 2. The third kappa shape index (κ3) is 5.64. The largest absolute Gasteiger partial charge is 0.497 e. The van der Waals surface area contributed by atoms with E-state index in [0.717, 1.165) is 54.6 Å². The van der Waals surface area contributed by atoms with E-state index in [1.165, 1.54) is 5.56 Å². The summed E-state index contributed by atoms with van der Waals surface area (Å²) in [7, 11) is 3.27. The molecule has 1 N–H and O–H groups in total. The Hall–Kier alpha value is -2.24. The molecule has 0 bridgehead atoms. The molecule has 0 aliphatic carbocycles. The van der Waals surface area contributed by atoms with Gasteiger partial charge in [0.25, 0.3) is 0 Å². The fourth-order valence-corrected chi connectivity index (χ4v) is 3.91. The Balaban J connectivity index is 1.53. The zero-order chi connectivity index (χ0) is 20.8. The van der Waals surface area contributed by atoms with Gasteiger partial charge in [-0.1, -0.05) is 23.7 Å². The van der Waals surface area contributed by atoms with Gasteiger partial charge in [0, 0.05) is 23.0 Å². The molecule has 156 valence electrons. The maximum Gasteiger partial charge on any atom is 0.223 e. The van der Waals surface area contributed by atoms with Gasteiger partial charge in [0.15, 0.2) is 0 Å². The van der Waals surface area contributed by atoms with E-state index in [9.17, 15) is 4.79 Å². The van der Waals surface area contributed by atoms with Crippen molar-refractivity contribution < 1.29 is 14.3 Å². The van der Waals surface area contributed by atoms with Crippen LogP contribution in [0, 0.1) is 5.92 Å². The standard InChI is InChI=1S/C23H29ClN2O3/c1-16(21-14-20(28-2)8-9-22(21)29-3)25-23(27)18-10-12-26(13-11-18)15-17-4-6-19(24)7-5-17/h4-9,14,16,18H,10-13,15H2,1-3H3,(H,25,27)/t16-/m1/s1. The van der Waals surface area contributed by atoms with E-state index >= 15 is 0 Å². The summed E-state index contributed by atoms with van der Waals surface area (Å²) in [4.78, 5) is 15.2. The van der Waals surface area contributed by atoms with Crippen molar-refractivity contribution in [2.75, 3.05) is 27.3 Å². The van der Waals surface area contributed by atoms with Gasteiger partial charge in [0.2, 0.25) is 5.91 Å². The van der Waals surface area contributed by atoms with Crippen LogP contribution in [0.1, 0.15) is 36.9 Å². The van der Waals surface area contributed by atoms with Crippen LogP contribution < -0.4 is 14.8 Å². The predicted molar refractivity (Wildman–Crippen MR) is 116 cm³/mol. The molecule has 1 aliphatic rings. The first kappa shape index (κ1) is 21.5. The normalized spacial score (nSPS) is 16.3. The second kappa shape index (κ2) is 9.99. The average Bonchev–Trinajstić information content (AvgIpc) is 2.75. The number of nitrogens with one attached hydrogen (secondary N) is 1. The molecule has 0 aromatic heterocycles. The van der Waals surface area contributed by atoms with E-state index in [2.05, 4.69) is 22.3 Å². The van der Waals surface area contributed by atoms with Gasteiger partial charge >= 0.3 is 0 Å². The summed E-state index contributed by atoms with van der Waals surface area (Å²) in [6.45, 7) is 4.70. The summed E-state index contributed by atoms with van der Waals surface area (Å²) in [5.41, 5.74) is 2.16. The van der Waals surface area contributed by atoms with Crippen LogP contribution in [0.25, 0.3) is 0 Å². The number of likely N-dealkylation sites (tertiary alicyclic amines) is 1. The van der Waals surface area contributed by atoms with E-state index in [4.69, 9.17) is 21.1 Å². The van der Waals surface area contributed by atoms with E-state index in [0.29, 0.717) is 0 Å². The monoisotopic (exact) mass is 416 g/mol. The SMILES string of the molecule is COc1ccc(OC)c([C@@H](C)NC(=O)C2CCN(Cc3ccc(Cl)cc3)CC2)c1. The van der Waals surface area contributed by atoms with Crippen molar-refractivity contribution >= 4 is 17.5 Å². The molecule has 0 unspecified atom stereocenters. The quantitative estimate of drug-likeness (QED) is 0.724. The number of benzene rings is 2. The Kier molecular flexibility index (Phi) is 7.40. The van der Waals surface area contributed by atoms with Gasteiger partial charge in [0.05, 0.1) is 20.3 Å². The predicted octanol–water partition coefficient (Wildman–Crippen LogP) is 4.45. The number of carbonyl (C=O) groups excluding carboxylic acids is 1. The molecule has 0 saturated carbocycles. The van der Waals surface area contributed by atoms with Crippen molar-refractivity contribution in [2.24, 2.45) is 5.92 Å². The number of nitrogens with zero attached hydrogens (tertiary/aromatic N) is 1. The Morgan fingerprint density at radius 1 is 1.14 bits per heavy atom. The lowest BCUT2D eigenvalue weighted by Gasteiger charge is -2.32. The van der Waals surface area contributed by atoms with Gasteiger partial charge in [0.1, 0.15) is 11.5 Å².